The second-order valence-electron chi connectivity index (χ2n) is 7.16. The van der Waals surface area contributed by atoms with Crippen molar-refractivity contribution in [2.75, 3.05) is 12.4 Å². The van der Waals surface area contributed by atoms with Gasteiger partial charge in [-0.05, 0) is 30.3 Å². The van der Waals surface area contributed by atoms with Crippen molar-refractivity contribution < 1.29 is 14.4 Å². The third-order valence-corrected chi connectivity index (χ3v) is 4.99. The lowest BCUT2D eigenvalue weighted by atomic mass is 10.2. The van der Waals surface area contributed by atoms with E-state index in [4.69, 9.17) is 9.57 Å². The Balaban J connectivity index is 1.70. The van der Waals surface area contributed by atoms with E-state index in [9.17, 15) is 9.59 Å². The molecule has 0 aliphatic carbocycles. The average Bonchev–Trinajstić information content (AvgIpc) is 3.27. The molecule has 2 N–H and O–H groups in total. The molecular weight excluding hydrogens is 408 g/mol. The first-order chi connectivity index (χ1) is 15.5. The van der Waals surface area contributed by atoms with E-state index in [1.807, 2.05) is 30.3 Å². The molecular formula is C24H22N4O4. The summed E-state index contributed by atoms with van der Waals surface area (Å²) in [6.07, 6.45) is 0. The Morgan fingerprint density at radius 2 is 1.91 bits per heavy atom. The van der Waals surface area contributed by atoms with Gasteiger partial charge in [-0.3, -0.25) is 9.59 Å². The Morgan fingerprint density at radius 3 is 2.66 bits per heavy atom. The van der Waals surface area contributed by atoms with E-state index >= 15 is 0 Å². The number of aromatic nitrogens is 1. The largest absolute Gasteiger partial charge is 0.495 e. The molecule has 8 nitrogen and oxygen atoms in total. The summed E-state index contributed by atoms with van der Waals surface area (Å²) in [6, 6.07) is 18.2. The number of amidine groups is 1. The van der Waals surface area contributed by atoms with Crippen molar-refractivity contribution in [3.8, 4) is 5.75 Å². The van der Waals surface area contributed by atoms with Gasteiger partial charge in [0.2, 0.25) is 5.91 Å². The first kappa shape index (κ1) is 20.9. The molecule has 2 heterocycles. The number of aryl methyl sites for hydroxylation is 1. The van der Waals surface area contributed by atoms with Crippen molar-refractivity contribution in [1.82, 2.24) is 10.0 Å². The van der Waals surface area contributed by atoms with Crippen LogP contribution < -0.4 is 31.5 Å². The summed E-state index contributed by atoms with van der Waals surface area (Å²) in [6.45, 7) is 5.52. The van der Waals surface area contributed by atoms with Gasteiger partial charge in [-0.1, -0.05) is 49.0 Å². The van der Waals surface area contributed by atoms with Gasteiger partial charge in [0.1, 0.15) is 17.5 Å². The lowest BCUT2D eigenvalue weighted by molar-refractivity contribution is -0.116. The number of hydroxylamine groups is 1. The van der Waals surface area contributed by atoms with Gasteiger partial charge in [-0.25, -0.2) is 5.48 Å². The first-order valence-electron chi connectivity index (χ1n) is 9.91. The summed E-state index contributed by atoms with van der Waals surface area (Å²) in [4.78, 5) is 35.9. The predicted molar refractivity (Wildman–Crippen MR) is 122 cm³/mol. The van der Waals surface area contributed by atoms with E-state index in [-0.39, 0.29) is 23.6 Å². The van der Waals surface area contributed by atoms with Crippen molar-refractivity contribution in [2.24, 2.45) is 4.99 Å². The summed E-state index contributed by atoms with van der Waals surface area (Å²) < 4.78 is 6.62. The molecule has 1 aromatic heterocycles. The second kappa shape index (κ2) is 8.81. The number of ether oxygens (including phenoxy) is 1. The summed E-state index contributed by atoms with van der Waals surface area (Å²) >= 11 is 0. The van der Waals surface area contributed by atoms with Crippen LogP contribution in [0.15, 0.2) is 70.5 Å². The lowest BCUT2D eigenvalue weighted by Crippen LogP contribution is -2.47. The minimum absolute atomic E-state index is 0.109. The van der Waals surface area contributed by atoms with E-state index < -0.39 is 5.56 Å². The number of para-hydroxylation sites is 2. The zero-order chi connectivity index (χ0) is 22.7. The molecule has 0 saturated heterocycles. The molecule has 1 amide bonds. The standard InChI is InChI=1S/C24H22N4O4/c1-15-13-16(2)28(14-20(29)25-18-11-7-8-12-19(18)31-3)24(30)21(15)23-26-22(27-32-23)17-9-5-4-6-10-17/h4-13H,1,14H2,2-3H3,(H,25,29)(H,26,27). The second-order valence-corrected chi connectivity index (χ2v) is 7.16. The Morgan fingerprint density at radius 1 is 1.19 bits per heavy atom. The van der Waals surface area contributed by atoms with Crippen LogP contribution in [-0.2, 0) is 16.2 Å². The van der Waals surface area contributed by atoms with Crippen LogP contribution in [0.5, 0.6) is 5.75 Å². The maximum atomic E-state index is 13.3. The Kier molecular flexibility index (Phi) is 5.76. The monoisotopic (exact) mass is 430 g/mol. The molecule has 8 heteroatoms. The molecule has 1 aliphatic heterocycles. The Bertz CT molecular complexity index is 1380. The number of rotatable bonds is 5. The highest BCUT2D eigenvalue weighted by Gasteiger charge is 2.18. The summed E-state index contributed by atoms with van der Waals surface area (Å²) in [7, 11) is 1.52. The fraction of sp³-hybridized carbons (Fsp3) is 0.125. The highest BCUT2D eigenvalue weighted by atomic mass is 16.7. The third kappa shape index (κ3) is 4.11. The highest BCUT2D eigenvalue weighted by molar-refractivity contribution is 6.01. The maximum absolute atomic E-state index is 13.3. The number of amides is 1. The molecule has 1 aliphatic rings. The van der Waals surface area contributed by atoms with Gasteiger partial charge < -0.3 is 19.5 Å². The smallest absolute Gasteiger partial charge is 0.264 e. The molecule has 0 saturated carbocycles. The molecule has 0 bridgehead atoms. The first-order valence-corrected chi connectivity index (χ1v) is 9.91. The molecule has 162 valence electrons. The van der Waals surface area contributed by atoms with E-state index in [0.717, 1.165) is 5.56 Å². The molecule has 4 rings (SSSR count). The zero-order valence-corrected chi connectivity index (χ0v) is 17.7. The number of hydrogen-bond acceptors (Lipinski definition) is 6. The average molecular weight is 430 g/mol. The molecule has 32 heavy (non-hydrogen) atoms. The van der Waals surface area contributed by atoms with Crippen LogP contribution >= 0.6 is 0 Å². The van der Waals surface area contributed by atoms with Crippen molar-refractivity contribution in [3.05, 3.63) is 92.7 Å². The van der Waals surface area contributed by atoms with Gasteiger partial charge in [0.25, 0.3) is 11.4 Å². The van der Waals surface area contributed by atoms with Gasteiger partial charge in [-0.15, -0.1) is 0 Å². The van der Waals surface area contributed by atoms with E-state index in [1.54, 1.807) is 37.3 Å². The molecule has 0 fully saturated rings. The van der Waals surface area contributed by atoms with Crippen molar-refractivity contribution >= 4 is 29.9 Å². The number of hydrogen-bond donors (Lipinski definition) is 2. The molecule has 2 aromatic carbocycles. The predicted octanol–water partition coefficient (Wildman–Crippen LogP) is 1.26. The molecule has 3 aromatic rings. The van der Waals surface area contributed by atoms with Crippen LogP contribution in [0.2, 0.25) is 0 Å². The summed E-state index contributed by atoms with van der Waals surface area (Å²) in [5.74, 6) is 0.757. The molecule has 0 unspecified atom stereocenters. The fourth-order valence-corrected chi connectivity index (χ4v) is 3.41. The van der Waals surface area contributed by atoms with Crippen LogP contribution in [0.3, 0.4) is 0 Å². The number of nitrogens with zero attached hydrogens (tertiary/aromatic N) is 2. The highest BCUT2D eigenvalue weighted by Crippen LogP contribution is 2.22. The van der Waals surface area contributed by atoms with Gasteiger partial charge in [0, 0.05) is 11.3 Å². The maximum Gasteiger partial charge on any atom is 0.264 e. The van der Waals surface area contributed by atoms with Gasteiger partial charge >= 0.3 is 0 Å². The quantitative estimate of drug-likeness (QED) is 0.636. The van der Waals surface area contributed by atoms with Gasteiger partial charge in [0.15, 0.2) is 5.84 Å². The van der Waals surface area contributed by atoms with Gasteiger partial charge in [0.05, 0.1) is 12.8 Å². The van der Waals surface area contributed by atoms with Crippen LogP contribution in [-0.4, -0.2) is 23.4 Å². The normalized spacial score (nSPS) is 14.2. The Hall–Kier alpha value is -4.33. The fourth-order valence-electron chi connectivity index (χ4n) is 3.41. The van der Waals surface area contributed by atoms with E-state index in [1.165, 1.54) is 11.7 Å². The van der Waals surface area contributed by atoms with Crippen LogP contribution in [0, 0.1) is 6.92 Å². The topological polar surface area (TPSA) is 94.0 Å². The Labute approximate surface area is 184 Å². The summed E-state index contributed by atoms with van der Waals surface area (Å²) in [5, 5.41) is 3.43. The molecule has 0 spiro atoms. The van der Waals surface area contributed by atoms with Gasteiger partial charge in [-0.2, -0.15) is 4.99 Å². The van der Waals surface area contributed by atoms with Crippen molar-refractivity contribution in [2.45, 2.75) is 13.5 Å². The molecule has 0 radical (unpaired) electrons. The number of nitrogens with one attached hydrogen (secondary N) is 2. The number of anilines is 1. The summed E-state index contributed by atoms with van der Waals surface area (Å²) in [5.41, 5.74) is 4.26. The third-order valence-electron chi connectivity index (χ3n) is 4.99. The SMILES string of the molecule is C=c1cc(C)n(CC(=O)Nc2ccccc2OC)c(=O)c1=C1N=C(c2ccccc2)NO1. The number of pyridine rings is 1. The van der Waals surface area contributed by atoms with Crippen LogP contribution in [0.25, 0.3) is 12.5 Å². The van der Waals surface area contributed by atoms with E-state index in [0.29, 0.717) is 28.2 Å². The van der Waals surface area contributed by atoms with Crippen molar-refractivity contribution in [3.63, 3.8) is 0 Å². The lowest BCUT2D eigenvalue weighted by Gasteiger charge is -2.12. The minimum Gasteiger partial charge on any atom is -0.495 e. The number of methoxy groups -OCH3 is 1. The number of aliphatic imine (C=N–C) groups is 1. The van der Waals surface area contributed by atoms with Crippen LogP contribution in [0.4, 0.5) is 5.69 Å². The number of carbonyl (C=O) groups excluding carboxylic acids is 1. The van der Waals surface area contributed by atoms with Crippen molar-refractivity contribution in [1.29, 1.82) is 0 Å². The minimum atomic E-state index is -0.417. The van der Waals surface area contributed by atoms with E-state index in [2.05, 4.69) is 22.4 Å². The number of benzene rings is 2. The number of carbonyl (C=O) groups is 1. The zero-order valence-electron chi connectivity index (χ0n) is 17.7. The molecule has 0 atom stereocenters. The van der Waals surface area contributed by atoms with Crippen LogP contribution in [0.1, 0.15) is 11.3 Å².